The highest BCUT2D eigenvalue weighted by molar-refractivity contribution is 7.92. The third-order valence-corrected chi connectivity index (χ3v) is 6.72. The van der Waals surface area contributed by atoms with Gasteiger partial charge in [0.05, 0.1) is 39.7 Å². The van der Waals surface area contributed by atoms with Gasteiger partial charge in [0.2, 0.25) is 0 Å². The molecule has 0 saturated heterocycles. The normalized spacial score (nSPS) is 11.9. The van der Waals surface area contributed by atoms with E-state index in [9.17, 15) is 13.2 Å². The molecule has 27 heavy (non-hydrogen) atoms. The van der Waals surface area contributed by atoms with Crippen LogP contribution in [0.5, 0.6) is 0 Å². The molecular formula is C17H17Cl2N3O4S. The van der Waals surface area contributed by atoms with E-state index in [4.69, 9.17) is 28.1 Å². The van der Waals surface area contributed by atoms with Crippen molar-refractivity contribution in [3.05, 3.63) is 57.8 Å². The zero-order valence-corrected chi connectivity index (χ0v) is 16.9. The fourth-order valence-corrected chi connectivity index (χ4v) is 4.67. The van der Waals surface area contributed by atoms with Gasteiger partial charge in [0.15, 0.2) is 0 Å². The highest BCUT2D eigenvalue weighted by Crippen LogP contribution is 2.34. The van der Waals surface area contributed by atoms with Gasteiger partial charge in [-0.2, -0.15) is 4.20 Å². The minimum Gasteiger partial charge on any atom is -0.383 e. The number of halogens is 2. The second-order valence-corrected chi connectivity index (χ2v) is 8.43. The first-order valence-corrected chi connectivity index (χ1v) is 10.1. The van der Waals surface area contributed by atoms with E-state index in [1.165, 1.54) is 31.0 Å². The molecule has 0 N–H and O–H groups in total. The van der Waals surface area contributed by atoms with E-state index in [1.54, 1.807) is 30.3 Å². The summed E-state index contributed by atoms with van der Waals surface area (Å²) in [5.74, 6) is 0. The first kappa shape index (κ1) is 19.8. The van der Waals surface area contributed by atoms with Gasteiger partial charge in [0, 0.05) is 25.9 Å². The average Bonchev–Trinajstić information content (AvgIpc) is 2.91. The molecule has 0 aliphatic heterocycles. The van der Waals surface area contributed by atoms with Crippen LogP contribution in [0.2, 0.25) is 5.02 Å². The van der Waals surface area contributed by atoms with Crippen LogP contribution in [0.1, 0.15) is 0 Å². The minimum absolute atomic E-state index is 0.0186. The van der Waals surface area contributed by atoms with Crippen LogP contribution < -0.4 is 9.86 Å². The van der Waals surface area contributed by atoms with Gasteiger partial charge in [0.1, 0.15) is 0 Å². The molecule has 0 saturated carbocycles. The van der Waals surface area contributed by atoms with Crippen molar-refractivity contribution in [1.29, 1.82) is 0 Å². The Morgan fingerprint density at radius 1 is 1.15 bits per heavy atom. The predicted octanol–water partition coefficient (Wildman–Crippen LogP) is 2.93. The van der Waals surface area contributed by atoms with E-state index in [-0.39, 0.29) is 21.0 Å². The lowest BCUT2D eigenvalue weighted by Crippen LogP contribution is -2.27. The van der Waals surface area contributed by atoms with Crippen molar-refractivity contribution in [2.24, 2.45) is 0 Å². The predicted molar refractivity (Wildman–Crippen MR) is 106 cm³/mol. The van der Waals surface area contributed by atoms with Crippen LogP contribution in [0, 0.1) is 0 Å². The summed E-state index contributed by atoms with van der Waals surface area (Å²) in [4.78, 5) is 12.7. The van der Waals surface area contributed by atoms with E-state index in [0.29, 0.717) is 18.7 Å². The van der Waals surface area contributed by atoms with Crippen molar-refractivity contribution in [2.45, 2.75) is 11.4 Å². The van der Waals surface area contributed by atoms with Gasteiger partial charge >= 0.3 is 0 Å². The smallest absolute Gasteiger partial charge is 0.291 e. The molecule has 0 aliphatic carbocycles. The first-order chi connectivity index (χ1) is 12.8. The van der Waals surface area contributed by atoms with Crippen molar-refractivity contribution in [1.82, 2.24) is 8.88 Å². The number of sulfonamides is 1. The van der Waals surface area contributed by atoms with Crippen molar-refractivity contribution in [2.75, 3.05) is 25.1 Å². The molecule has 3 rings (SSSR count). The van der Waals surface area contributed by atoms with Crippen LogP contribution in [0.15, 0.2) is 52.2 Å². The Labute approximate surface area is 166 Å². The number of hydrogen-bond acceptors (Lipinski definition) is 4. The first-order valence-electron chi connectivity index (χ1n) is 7.93. The van der Waals surface area contributed by atoms with E-state index < -0.39 is 15.6 Å². The number of fused-ring (bicyclic) bond motifs is 1. The molecule has 0 spiro atoms. The molecule has 1 aromatic heterocycles. The maximum absolute atomic E-state index is 12.9. The van der Waals surface area contributed by atoms with Crippen LogP contribution in [0.3, 0.4) is 0 Å². The molecule has 0 atom stereocenters. The SMILES string of the molecule is COCCn1c2ccc(N(C)S(=O)(=O)c3ccccc3)c(Cl)c2c(=O)n1Cl. The number of nitrogens with zero attached hydrogens (tertiary/aromatic N) is 3. The number of aromatic nitrogens is 2. The lowest BCUT2D eigenvalue weighted by Gasteiger charge is -2.21. The number of rotatable bonds is 6. The highest BCUT2D eigenvalue weighted by atomic mass is 35.5. The molecule has 3 aromatic rings. The monoisotopic (exact) mass is 429 g/mol. The maximum Gasteiger partial charge on any atom is 0.291 e. The summed E-state index contributed by atoms with van der Waals surface area (Å²) < 4.78 is 34.2. The molecule has 0 bridgehead atoms. The van der Waals surface area contributed by atoms with Crippen molar-refractivity contribution >= 4 is 50.0 Å². The van der Waals surface area contributed by atoms with Gasteiger partial charge in [0.25, 0.3) is 15.6 Å². The Hall–Kier alpha value is -2.00. The number of anilines is 1. The van der Waals surface area contributed by atoms with Gasteiger partial charge < -0.3 is 4.74 Å². The van der Waals surface area contributed by atoms with Crippen LogP contribution in [-0.4, -0.2) is 38.1 Å². The molecule has 0 fully saturated rings. The molecule has 0 aliphatic rings. The molecule has 7 nitrogen and oxygen atoms in total. The third kappa shape index (κ3) is 3.34. The largest absolute Gasteiger partial charge is 0.383 e. The molecule has 1 heterocycles. The zero-order valence-electron chi connectivity index (χ0n) is 14.6. The molecule has 10 heteroatoms. The highest BCUT2D eigenvalue weighted by Gasteiger charge is 2.26. The Morgan fingerprint density at radius 2 is 1.81 bits per heavy atom. The number of ether oxygens (including phenoxy) is 1. The standard InChI is InChI=1S/C17H17Cl2N3O4S/c1-20(27(24,25)12-6-4-3-5-7-12)14-9-8-13-15(16(14)18)17(23)22(19)21(13)10-11-26-2/h3-9H,10-11H2,1-2H3. The Bertz CT molecular complexity index is 1140. The average molecular weight is 430 g/mol. The number of methoxy groups -OCH3 is 1. The van der Waals surface area contributed by atoms with E-state index in [0.717, 1.165) is 8.51 Å². The Balaban J connectivity index is 2.16. The second kappa shape index (κ2) is 7.55. The topological polar surface area (TPSA) is 73.5 Å². The lowest BCUT2D eigenvalue weighted by molar-refractivity contribution is 0.183. The van der Waals surface area contributed by atoms with E-state index >= 15 is 0 Å². The second-order valence-electron chi connectivity index (χ2n) is 5.76. The molecule has 0 unspecified atom stereocenters. The Kier molecular flexibility index (Phi) is 5.53. The van der Waals surface area contributed by atoms with Crippen LogP contribution in [0.4, 0.5) is 5.69 Å². The quantitative estimate of drug-likeness (QED) is 0.603. The summed E-state index contributed by atoms with van der Waals surface area (Å²) in [7, 11) is -0.909. The summed E-state index contributed by atoms with van der Waals surface area (Å²) in [5.41, 5.74) is 0.151. The summed E-state index contributed by atoms with van der Waals surface area (Å²) >= 11 is 12.5. The molecule has 0 amide bonds. The molecule has 144 valence electrons. The fraction of sp³-hybridized carbons (Fsp3) is 0.235. The van der Waals surface area contributed by atoms with Crippen molar-refractivity contribution < 1.29 is 13.2 Å². The fourth-order valence-electron chi connectivity index (χ4n) is 2.78. The van der Waals surface area contributed by atoms with Crippen molar-refractivity contribution in [3.8, 4) is 0 Å². The van der Waals surface area contributed by atoms with Crippen LogP contribution in [-0.2, 0) is 21.3 Å². The third-order valence-electron chi connectivity index (χ3n) is 4.22. The van der Waals surface area contributed by atoms with E-state index in [1.807, 2.05) is 0 Å². The number of benzene rings is 2. The van der Waals surface area contributed by atoms with Gasteiger partial charge in [-0.1, -0.05) is 29.8 Å². The molecule has 0 radical (unpaired) electrons. The number of hydrogen-bond donors (Lipinski definition) is 0. The lowest BCUT2D eigenvalue weighted by atomic mass is 10.2. The summed E-state index contributed by atoms with van der Waals surface area (Å²) in [6, 6.07) is 11.1. The van der Waals surface area contributed by atoms with Gasteiger partial charge in [-0.25, -0.2) is 8.42 Å². The van der Waals surface area contributed by atoms with Gasteiger partial charge in [-0.15, -0.1) is 0 Å². The molecular weight excluding hydrogens is 413 g/mol. The van der Waals surface area contributed by atoms with Crippen molar-refractivity contribution in [3.63, 3.8) is 0 Å². The van der Waals surface area contributed by atoms with Crippen LogP contribution in [0.25, 0.3) is 10.9 Å². The van der Waals surface area contributed by atoms with Crippen LogP contribution >= 0.6 is 23.4 Å². The van der Waals surface area contributed by atoms with Gasteiger partial charge in [-0.05, 0) is 24.3 Å². The van der Waals surface area contributed by atoms with Gasteiger partial charge in [-0.3, -0.25) is 13.8 Å². The van der Waals surface area contributed by atoms with E-state index in [2.05, 4.69) is 0 Å². The molecule has 2 aromatic carbocycles. The zero-order chi connectivity index (χ0) is 19.8. The summed E-state index contributed by atoms with van der Waals surface area (Å²) in [6.45, 7) is 0.685. The Morgan fingerprint density at radius 3 is 2.44 bits per heavy atom. The summed E-state index contributed by atoms with van der Waals surface area (Å²) in [5, 5.41) is 0.167. The minimum atomic E-state index is -3.83. The maximum atomic E-state index is 12.9. The summed E-state index contributed by atoms with van der Waals surface area (Å²) in [6.07, 6.45) is 0.